The zero-order chi connectivity index (χ0) is 38.6. The number of benzene rings is 2. The van der Waals surface area contributed by atoms with Gasteiger partial charge >= 0.3 is 0 Å². The van der Waals surface area contributed by atoms with Gasteiger partial charge in [0.1, 0.15) is 11.3 Å². The first-order chi connectivity index (χ1) is 25.4. The van der Waals surface area contributed by atoms with Crippen molar-refractivity contribution in [1.29, 1.82) is 0 Å². The van der Waals surface area contributed by atoms with Gasteiger partial charge in [0, 0.05) is 30.1 Å². The Morgan fingerprint density at radius 1 is 1.00 bits per heavy atom. The summed E-state index contributed by atoms with van der Waals surface area (Å²) in [6.45, 7) is 27.0. The Labute approximate surface area is 327 Å². The minimum absolute atomic E-state index is 0.513. The monoisotopic (exact) mass is 742 g/mol. The van der Waals surface area contributed by atoms with Crippen LogP contribution in [0.1, 0.15) is 145 Å². The van der Waals surface area contributed by atoms with Gasteiger partial charge in [-0.2, -0.15) is 0 Å². The molecule has 6 atom stereocenters. The second-order valence-electron chi connectivity index (χ2n) is 17.5. The highest BCUT2D eigenvalue weighted by molar-refractivity contribution is 7.87. The number of fused-ring (bicyclic) bond motifs is 1. The third-order valence-electron chi connectivity index (χ3n) is 13.6. The van der Waals surface area contributed by atoms with E-state index in [0.29, 0.717) is 17.0 Å². The number of unbranched alkanes of at least 4 members (excludes halogenated alkanes) is 3. The van der Waals surface area contributed by atoms with E-state index < -0.39 is 7.26 Å². The van der Waals surface area contributed by atoms with Crippen LogP contribution in [0.3, 0.4) is 0 Å². The number of rotatable bonds is 18. The lowest BCUT2D eigenvalue weighted by atomic mass is 9.67. The number of aryl methyl sites for hydroxylation is 3. The standard InChI is InChI=1S/C38H57NP.C10H21N3/c1-9-18-34-25-38(8,22-17-12-11-14-19-33-20-15-13-16-21-33)26-36-37(34)40(36,10-2)30(5)27-39-32(7)35-23-28(3)31(6)29(4)24-35;1-2-13(12)8-10(11)9-6-4-3-5-7-9/h10,13,15-16,20-21,23-24,30,34,36-37,39H,2,7,9,11-12,14,17-19,22,25-27H2,1,3-6,8H3;8-9H,2-7,11-12H2,1H3/q+1;/b;10-8-. The zero-order valence-corrected chi connectivity index (χ0v) is 36.0. The lowest BCUT2D eigenvalue weighted by molar-refractivity contribution is 0.161. The van der Waals surface area contributed by atoms with Gasteiger partial charge in [-0.3, -0.25) is 0 Å². The molecule has 0 amide bonds. The average Bonchev–Trinajstić information content (AvgIpc) is 3.82. The molecular formula is C48H78N4P+. The summed E-state index contributed by atoms with van der Waals surface area (Å²) in [5, 5.41) is 5.44. The highest BCUT2D eigenvalue weighted by Gasteiger charge is 2.78. The molecule has 0 radical (unpaired) electrons. The van der Waals surface area contributed by atoms with Crippen molar-refractivity contribution in [3.05, 3.63) is 101 Å². The predicted molar refractivity (Wildman–Crippen MR) is 236 cm³/mol. The molecular weight excluding hydrogens is 664 g/mol. The van der Waals surface area contributed by atoms with E-state index in [1.165, 1.54) is 124 Å². The van der Waals surface area contributed by atoms with Gasteiger partial charge in [-0.1, -0.05) is 102 Å². The van der Waals surface area contributed by atoms with Crippen LogP contribution < -0.4 is 16.9 Å². The molecule has 0 spiro atoms. The van der Waals surface area contributed by atoms with Crippen molar-refractivity contribution in [1.82, 2.24) is 10.3 Å². The maximum Gasteiger partial charge on any atom is 0.114 e. The van der Waals surface area contributed by atoms with Gasteiger partial charge in [0.05, 0.1) is 25.3 Å². The summed E-state index contributed by atoms with van der Waals surface area (Å²) in [7, 11) is -1.19. The smallest absolute Gasteiger partial charge is 0.114 e. The maximum atomic E-state index is 5.96. The minimum Gasteiger partial charge on any atom is -0.401 e. The maximum absolute atomic E-state index is 5.96. The number of hydrogen-bond donors (Lipinski definition) is 3. The molecule has 2 aliphatic carbocycles. The van der Waals surface area contributed by atoms with E-state index in [2.05, 4.69) is 108 Å². The number of nitrogens with zero attached hydrogens (tertiary/aromatic N) is 1. The van der Waals surface area contributed by atoms with Gasteiger partial charge in [-0.25, -0.2) is 5.84 Å². The molecule has 1 aliphatic heterocycles. The van der Waals surface area contributed by atoms with Crippen LogP contribution in [0, 0.1) is 38.0 Å². The summed E-state index contributed by atoms with van der Waals surface area (Å²) in [6.07, 6.45) is 22.1. The van der Waals surface area contributed by atoms with Gasteiger partial charge in [0.2, 0.25) is 0 Å². The second kappa shape index (κ2) is 20.4. The SMILES string of the molecule is C=C[P+]1(C(C)CNC(=C)c2cc(C)c(C)c(C)c2)C2CC(C)(CCCCCCc3ccccc3)CC(CCC)C21.CCN(N)/C=C(\N)C1CCCCC1. The summed E-state index contributed by atoms with van der Waals surface area (Å²) in [6, 6.07) is 15.6. The van der Waals surface area contributed by atoms with Crippen LogP contribution in [0.15, 0.2) is 73.3 Å². The van der Waals surface area contributed by atoms with Gasteiger partial charge in [-0.05, 0) is 137 Å². The molecule has 3 fully saturated rings. The van der Waals surface area contributed by atoms with Crippen LogP contribution in [0.4, 0.5) is 0 Å². The van der Waals surface area contributed by atoms with Crippen molar-refractivity contribution in [2.24, 2.45) is 28.8 Å². The molecule has 5 rings (SSSR count). The van der Waals surface area contributed by atoms with Crippen molar-refractivity contribution in [3.63, 3.8) is 0 Å². The normalized spacial score (nSPS) is 26.1. The van der Waals surface area contributed by atoms with Gasteiger partial charge in [0.25, 0.3) is 0 Å². The molecule has 5 N–H and O–H groups in total. The molecule has 6 unspecified atom stereocenters. The second-order valence-corrected chi connectivity index (χ2v) is 21.8. The van der Waals surface area contributed by atoms with Crippen LogP contribution in [0.2, 0.25) is 0 Å². The Hall–Kier alpha value is -2.55. The first-order valence-electron chi connectivity index (χ1n) is 21.4. The Bertz CT molecular complexity index is 1450. The van der Waals surface area contributed by atoms with Crippen LogP contribution >= 0.6 is 7.26 Å². The Morgan fingerprint density at radius 2 is 1.66 bits per heavy atom. The fraction of sp³-hybridized carbons (Fsp3) is 0.625. The average molecular weight is 742 g/mol. The number of hydrogen-bond acceptors (Lipinski definition) is 4. The first kappa shape index (κ1) is 43.2. The molecule has 2 aromatic rings. The van der Waals surface area contributed by atoms with E-state index in [1.54, 1.807) is 5.01 Å². The van der Waals surface area contributed by atoms with Crippen LogP contribution in [0.25, 0.3) is 5.70 Å². The van der Waals surface area contributed by atoms with Crippen LogP contribution in [-0.4, -0.2) is 35.1 Å². The Morgan fingerprint density at radius 3 is 2.28 bits per heavy atom. The molecule has 1 saturated heterocycles. The molecule has 2 saturated carbocycles. The van der Waals surface area contributed by atoms with Crippen LogP contribution in [0.5, 0.6) is 0 Å². The summed E-state index contributed by atoms with van der Waals surface area (Å²) in [5.41, 5.74) is 17.9. The molecule has 3 aliphatic rings. The Balaban J connectivity index is 0.000000407. The van der Waals surface area contributed by atoms with Crippen molar-refractivity contribution < 1.29 is 0 Å². The minimum atomic E-state index is -1.19. The summed E-state index contributed by atoms with van der Waals surface area (Å²) < 4.78 is 0. The third-order valence-corrected chi connectivity index (χ3v) is 19.0. The predicted octanol–water partition coefficient (Wildman–Crippen LogP) is 12.4. The van der Waals surface area contributed by atoms with Gasteiger partial charge in [-0.15, -0.1) is 0 Å². The van der Waals surface area contributed by atoms with Crippen molar-refractivity contribution >= 4 is 13.0 Å². The quantitative estimate of drug-likeness (QED) is 0.0616. The third kappa shape index (κ3) is 11.5. The summed E-state index contributed by atoms with van der Waals surface area (Å²) in [5.74, 6) is 9.62. The summed E-state index contributed by atoms with van der Waals surface area (Å²) in [4.78, 5) is 0. The molecule has 5 heteroatoms. The highest BCUT2D eigenvalue weighted by Crippen LogP contribution is 2.92. The molecule has 53 heavy (non-hydrogen) atoms. The lowest BCUT2D eigenvalue weighted by Gasteiger charge is -2.35. The van der Waals surface area contributed by atoms with Crippen molar-refractivity contribution in [2.45, 2.75) is 162 Å². The molecule has 0 bridgehead atoms. The van der Waals surface area contributed by atoms with E-state index in [-0.39, 0.29) is 0 Å². The van der Waals surface area contributed by atoms with E-state index in [4.69, 9.17) is 11.6 Å². The van der Waals surface area contributed by atoms with E-state index >= 15 is 0 Å². The number of nitrogens with one attached hydrogen (secondary N) is 1. The number of nitrogens with two attached hydrogens (primary N) is 2. The van der Waals surface area contributed by atoms with Crippen molar-refractivity contribution in [2.75, 3.05) is 13.1 Å². The first-order valence-corrected chi connectivity index (χ1v) is 23.5. The van der Waals surface area contributed by atoms with E-state index in [9.17, 15) is 0 Å². The largest absolute Gasteiger partial charge is 0.401 e. The lowest BCUT2D eigenvalue weighted by Crippen LogP contribution is -2.31. The Kier molecular flexibility index (Phi) is 16.6. The zero-order valence-electron chi connectivity index (χ0n) is 35.1. The van der Waals surface area contributed by atoms with E-state index in [1.807, 2.05) is 13.1 Å². The molecule has 1 heterocycles. The molecule has 2 aromatic carbocycles. The van der Waals surface area contributed by atoms with Gasteiger partial charge < -0.3 is 16.1 Å². The fourth-order valence-corrected chi connectivity index (χ4v) is 16.1. The topological polar surface area (TPSA) is 67.3 Å². The van der Waals surface area contributed by atoms with Crippen molar-refractivity contribution in [3.8, 4) is 0 Å². The van der Waals surface area contributed by atoms with E-state index in [0.717, 1.165) is 41.7 Å². The highest BCUT2D eigenvalue weighted by atomic mass is 31.2. The molecule has 0 aromatic heterocycles. The summed E-state index contributed by atoms with van der Waals surface area (Å²) >= 11 is 0. The molecule has 294 valence electrons. The van der Waals surface area contributed by atoms with Crippen LogP contribution in [-0.2, 0) is 6.42 Å². The number of allylic oxidation sites excluding steroid dienone is 1. The fourth-order valence-electron chi connectivity index (χ4n) is 10.1. The van der Waals surface area contributed by atoms with Gasteiger partial charge in [0.15, 0.2) is 0 Å². The number of hydrazine groups is 1. The molecule has 4 nitrogen and oxygen atoms in total.